The number of hydrogen-bond donors (Lipinski definition) is 0. The molecular weight excluding hydrogens is 486 g/mol. The Kier molecular flexibility index (Phi) is 7.81. The summed E-state index contributed by atoms with van der Waals surface area (Å²) in [6.45, 7) is 1.84. The van der Waals surface area contributed by atoms with Crippen molar-refractivity contribution in [3.05, 3.63) is 67.6 Å². The highest BCUT2D eigenvalue weighted by molar-refractivity contribution is 9.10. The van der Waals surface area contributed by atoms with E-state index in [9.17, 15) is 9.59 Å². The van der Waals surface area contributed by atoms with E-state index >= 15 is 0 Å². The number of nitrogens with zero attached hydrogens (tertiary/aromatic N) is 3. The van der Waals surface area contributed by atoms with E-state index in [1.54, 1.807) is 24.3 Å². The Morgan fingerprint density at radius 2 is 2.10 bits per heavy atom. The van der Waals surface area contributed by atoms with E-state index in [1.165, 1.54) is 18.0 Å². The largest absolute Gasteiger partial charge is 0.480 e. The van der Waals surface area contributed by atoms with E-state index in [0.717, 1.165) is 17.3 Å². The molecule has 3 rings (SSSR count). The van der Waals surface area contributed by atoms with Crippen LogP contribution in [0.5, 0.6) is 5.75 Å². The van der Waals surface area contributed by atoms with Crippen LogP contribution < -0.4 is 10.3 Å². The minimum Gasteiger partial charge on any atom is -0.480 e. The number of benzene rings is 2. The van der Waals surface area contributed by atoms with Gasteiger partial charge in [0.1, 0.15) is 11.6 Å². The van der Waals surface area contributed by atoms with Gasteiger partial charge in [-0.2, -0.15) is 9.78 Å². The van der Waals surface area contributed by atoms with Gasteiger partial charge in [0.05, 0.1) is 29.2 Å². The molecule has 0 spiro atoms. The van der Waals surface area contributed by atoms with Crippen molar-refractivity contribution in [2.24, 2.45) is 5.10 Å². The first-order valence-corrected chi connectivity index (χ1v) is 10.8. The smallest absolute Gasteiger partial charge is 0.343 e. The molecule has 0 fully saturated rings. The van der Waals surface area contributed by atoms with Gasteiger partial charge >= 0.3 is 5.97 Å². The maximum Gasteiger partial charge on any atom is 0.343 e. The van der Waals surface area contributed by atoms with Crippen LogP contribution in [-0.2, 0) is 16.0 Å². The lowest BCUT2D eigenvalue weighted by molar-refractivity contribution is -0.142. The number of halogens is 2. The van der Waals surface area contributed by atoms with E-state index in [4.69, 9.17) is 16.3 Å². The van der Waals surface area contributed by atoms with Gasteiger partial charge in [0.15, 0.2) is 6.61 Å². The van der Waals surface area contributed by atoms with Gasteiger partial charge in [0.25, 0.3) is 5.56 Å². The highest BCUT2D eigenvalue weighted by Crippen LogP contribution is 2.25. The number of esters is 1. The Balaban J connectivity index is 1.94. The average molecular weight is 507 g/mol. The van der Waals surface area contributed by atoms with Crippen molar-refractivity contribution in [3.63, 3.8) is 0 Å². The van der Waals surface area contributed by atoms with Gasteiger partial charge in [0.2, 0.25) is 0 Å². The molecule has 9 heteroatoms. The number of fused-ring (bicyclic) bond motifs is 1. The molecule has 0 radical (unpaired) electrons. The minimum absolute atomic E-state index is 0.238. The Bertz CT molecular complexity index is 1190. The molecule has 0 saturated heterocycles. The highest BCUT2D eigenvalue weighted by Gasteiger charge is 2.11. The zero-order valence-corrected chi connectivity index (χ0v) is 19.4. The van der Waals surface area contributed by atoms with Gasteiger partial charge in [-0.05, 0) is 48.4 Å². The van der Waals surface area contributed by atoms with Crippen LogP contribution in [0.4, 0.5) is 0 Å². The standard InChI is InChI=1S/C22H21BrClN3O4/c1-3-4-5-20-26-18-8-7-15(23)11-16(18)22(29)27(20)25-12-14-6-9-19(17(24)10-14)31-13-21(28)30-2/h6-12H,3-5,13H2,1-2H3. The predicted octanol–water partition coefficient (Wildman–Crippen LogP) is 4.59. The van der Waals surface area contributed by atoms with Gasteiger partial charge in [-0.15, -0.1) is 0 Å². The first-order valence-electron chi connectivity index (χ1n) is 9.67. The molecule has 0 saturated carbocycles. The van der Waals surface area contributed by atoms with Gasteiger partial charge in [0, 0.05) is 10.9 Å². The summed E-state index contributed by atoms with van der Waals surface area (Å²) in [7, 11) is 1.28. The van der Waals surface area contributed by atoms with Crippen molar-refractivity contribution < 1.29 is 14.3 Å². The van der Waals surface area contributed by atoms with E-state index in [-0.39, 0.29) is 12.2 Å². The number of rotatable bonds is 8. The minimum atomic E-state index is -0.504. The van der Waals surface area contributed by atoms with Gasteiger partial charge in [-0.25, -0.2) is 9.78 Å². The molecule has 162 valence electrons. The fraction of sp³-hybridized carbons (Fsp3) is 0.273. The Morgan fingerprint density at radius 3 is 2.81 bits per heavy atom. The molecule has 7 nitrogen and oxygen atoms in total. The summed E-state index contributed by atoms with van der Waals surface area (Å²) in [5, 5.41) is 5.19. The number of methoxy groups -OCH3 is 1. The number of carbonyl (C=O) groups is 1. The first kappa shape index (κ1) is 23.0. The molecule has 0 amide bonds. The average Bonchev–Trinajstić information content (AvgIpc) is 2.76. The SMILES string of the molecule is CCCCc1nc2ccc(Br)cc2c(=O)n1N=Cc1ccc(OCC(=O)OC)c(Cl)c1. The summed E-state index contributed by atoms with van der Waals surface area (Å²) < 4.78 is 12.0. The molecular formula is C22H21BrClN3O4. The molecule has 1 aromatic heterocycles. The topological polar surface area (TPSA) is 82.8 Å². The lowest BCUT2D eigenvalue weighted by atomic mass is 10.2. The van der Waals surface area contributed by atoms with Crippen molar-refractivity contribution in [3.8, 4) is 5.75 Å². The number of ether oxygens (including phenoxy) is 2. The molecule has 3 aromatic rings. The quantitative estimate of drug-likeness (QED) is 0.330. The third-order valence-corrected chi connectivity index (χ3v) is 5.27. The van der Waals surface area contributed by atoms with Crippen LogP contribution in [0.3, 0.4) is 0 Å². The normalized spacial score (nSPS) is 11.2. The number of aryl methyl sites for hydroxylation is 1. The fourth-order valence-corrected chi connectivity index (χ4v) is 3.45. The molecule has 31 heavy (non-hydrogen) atoms. The predicted molar refractivity (Wildman–Crippen MR) is 124 cm³/mol. The van der Waals surface area contributed by atoms with Crippen molar-refractivity contribution in [2.75, 3.05) is 13.7 Å². The molecule has 1 heterocycles. The number of hydrogen-bond acceptors (Lipinski definition) is 6. The van der Waals surface area contributed by atoms with E-state index in [0.29, 0.717) is 39.5 Å². The molecule has 0 N–H and O–H groups in total. The van der Waals surface area contributed by atoms with Crippen molar-refractivity contribution in [1.29, 1.82) is 0 Å². The summed E-state index contributed by atoms with van der Waals surface area (Å²) in [5.41, 5.74) is 1.07. The summed E-state index contributed by atoms with van der Waals surface area (Å²) in [6, 6.07) is 10.4. The Labute approximate surface area is 192 Å². The zero-order valence-electron chi connectivity index (χ0n) is 17.1. The molecule has 0 aliphatic heterocycles. The maximum atomic E-state index is 13.1. The van der Waals surface area contributed by atoms with Crippen LogP contribution in [0, 0.1) is 0 Å². The number of unbranched alkanes of at least 4 members (excludes halogenated alkanes) is 1. The second-order valence-electron chi connectivity index (χ2n) is 6.71. The van der Waals surface area contributed by atoms with E-state index < -0.39 is 5.97 Å². The van der Waals surface area contributed by atoms with Crippen molar-refractivity contribution >= 4 is 50.6 Å². The molecule has 0 bridgehead atoms. The Morgan fingerprint density at radius 1 is 1.29 bits per heavy atom. The second kappa shape index (κ2) is 10.5. The van der Waals surface area contributed by atoms with E-state index in [1.807, 2.05) is 12.1 Å². The fourth-order valence-electron chi connectivity index (χ4n) is 2.84. The molecule has 0 aliphatic carbocycles. The van der Waals surface area contributed by atoms with Gasteiger partial charge < -0.3 is 9.47 Å². The molecule has 2 aromatic carbocycles. The molecule has 0 atom stereocenters. The summed E-state index contributed by atoms with van der Waals surface area (Å²) in [6.07, 6.45) is 4.04. The lowest BCUT2D eigenvalue weighted by Crippen LogP contribution is -2.22. The third-order valence-electron chi connectivity index (χ3n) is 4.48. The summed E-state index contributed by atoms with van der Waals surface area (Å²) >= 11 is 9.64. The van der Waals surface area contributed by atoms with Crippen molar-refractivity contribution in [1.82, 2.24) is 9.66 Å². The van der Waals surface area contributed by atoms with E-state index in [2.05, 4.69) is 37.7 Å². The zero-order chi connectivity index (χ0) is 22.4. The summed E-state index contributed by atoms with van der Waals surface area (Å²) in [5.74, 6) is 0.445. The monoisotopic (exact) mass is 505 g/mol. The molecule has 0 unspecified atom stereocenters. The maximum absolute atomic E-state index is 13.1. The molecule has 0 aliphatic rings. The highest BCUT2D eigenvalue weighted by atomic mass is 79.9. The third kappa shape index (κ3) is 5.71. The van der Waals surface area contributed by atoms with Crippen molar-refractivity contribution in [2.45, 2.75) is 26.2 Å². The van der Waals surface area contributed by atoms with Gasteiger partial charge in [-0.1, -0.05) is 40.9 Å². The van der Waals surface area contributed by atoms with Crippen LogP contribution in [0.25, 0.3) is 10.9 Å². The Hall–Kier alpha value is -2.71. The van der Waals surface area contributed by atoms with Crippen LogP contribution in [0.2, 0.25) is 5.02 Å². The van der Waals surface area contributed by atoms with Crippen LogP contribution in [0.15, 0.2) is 50.8 Å². The van der Waals surface area contributed by atoms with Crippen LogP contribution in [-0.4, -0.2) is 35.6 Å². The van der Waals surface area contributed by atoms with Crippen LogP contribution in [0.1, 0.15) is 31.2 Å². The summed E-state index contributed by atoms with van der Waals surface area (Å²) in [4.78, 5) is 29.0. The number of aromatic nitrogens is 2. The number of carbonyl (C=O) groups excluding carboxylic acids is 1. The van der Waals surface area contributed by atoms with Crippen LogP contribution >= 0.6 is 27.5 Å². The lowest BCUT2D eigenvalue weighted by Gasteiger charge is -2.09. The van der Waals surface area contributed by atoms with Gasteiger partial charge in [-0.3, -0.25) is 4.79 Å². The second-order valence-corrected chi connectivity index (χ2v) is 8.03. The first-order chi connectivity index (χ1) is 14.9.